The molecule has 0 aliphatic rings. The monoisotopic (exact) mass is 218 g/mol. The summed E-state index contributed by atoms with van der Waals surface area (Å²) < 4.78 is 5.36. The van der Waals surface area contributed by atoms with Crippen LogP contribution < -0.4 is 10.5 Å². The SMILES string of the molecule is N#Cc1ccc(Oc2nncs2)c(N)c1. The molecule has 1 aromatic carbocycles. The highest BCUT2D eigenvalue weighted by atomic mass is 32.1. The Bertz CT molecular complexity index is 503. The van der Waals surface area contributed by atoms with Gasteiger partial charge in [0.15, 0.2) is 5.75 Å². The zero-order valence-corrected chi connectivity index (χ0v) is 8.36. The molecular formula is C9H6N4OS. The van der Waals surface area contributed by atoms with Gasteiger partial charge in [0.1, 0.15) is 5.51 Å². The Kier molecular flexibility index (Phi) is 2.48. The lowest BCUT2D eigenvalue weighted by Gasteiger charge is -2.04. The number of hydrogen-bond acceptors (Lipinski definition) is 6. The number of anilines is 1. The average molecular weight is 218 g/mol. The highest BCUT2D eigenvalue weighted by Gasteiger charge is 2.05. The van der Waals surface area contributed by atoms with E-state index in [0.29, 0.717) is 22.2 Å². The first-order chi connectivity index (χ1) is 7.29. The van der Waals surface area contributed by atoms with Crippen molar-refractivity contribution in [3.8, 4) is 17.0 Å². The molecule has 5 nitrogen and oxygen atoms in total. The molecule has 0 radical (unpaired) electrons. The van der Waals surface area contributed by atoms with Crippen LogP contribution in [0.4, 0.5) is 5.69 Å². The van der Waals surface area contributed by atoms with Crippen LogP contribution in [0.15, 0.2) is 23.7 Å². The molecule has 6 heteroatoms. The largest absolute Gasteiger partial charge is 0.428 e. The van der Waals surface area contributed by atoms with Gasteiger partial charge in [0.25, 0.3) is 5.19 Å². The molecule has 2 N–H and O–H groups in total. The van der Waals surface area contributed by atoms with Gasteiger partial charge in [-0.15, -0.1) is 5.10 Å². The summed E-state index contributed by atoms with van der Waals surface area (Å²) >= 11 is 1.27. The van der Waals surface area contributed by atoms with Crippen LogP contribution in [0.5, 0.6) is 10.9 Å². The van der Waals surface area contributed by atoms with Crippen LogP contribution in [-0.2, 0) is 0 Å². The van der Waals surface area contributed by atoms with Gasteiger partial charge in [0, 0.05) is 0 Å². The zero-order chi connectivity index (χ0) is 10.7. The molecule has 0 atom stereocenters. The lowest BCUT2D eigenvalue weighted by molar-refractivity contribution is 0.475. The highest BCUT2D eigenvalue weighted by molar-refractivity contribution is 7.11. The van der Waals surface area contributed by atoms with Crippen LogP contribution in [0.25, 0.3) is 0 Å². The Morgan fingerprint density at radius 2 is 2.33 bits per heavy atom. The predicted molar refractivity (Wildman–Crippen MR) is 55.6 cm³/mol. The molecule has 74 valence electrons. The first-order valence-electron chi connectivity index (χ1n) is 4.03. The number of nitrogen functional groups attached to an aromatic ring is 1. The van der Waals surface area contributed by atoms with Gasteiger partial charge in [-0.25, -0.2) is 0 Å². The molecule has 0 aliphatic carbocycles. The third kappa shape index (κ3) is 2.03. The molecule has 0 bridgehead atoms. The van der Waals surface area contributed by atoms with Crippen LogP contribution in [0, 0.1) is 11.3 Å². The standard InChI is InChI=1S/C9H6N4OS/c10-4-6-1-2-8(7(11)3-6)14-9-13-12-5-15-9/h1-3,5H,11H2. The van der Waals surface area contributed by atoms with Crippen molar-refractivity contribution >= 4 is 17.0 Å². The Morgan fingerprint density at radius 3 is 2.93 bits per heavy atom. The fourth-order valence-corrected chi connectivity index (χ4v) is 1.43. The van der Waals surface area contributed by atoms with Crippen molar-refractivity contribution in [1.29, 1.82) is 5.26 Å². The van der Waals surface area contributed by atoms with E-state index in [1.165, 1.54) is 11.3 Å². The van der Waals surface area contributed by atoms with Gasteiger partial charge in [-0.2, -0.15) is 5.26 Å². The first-order valence-corrected chi connectivity index (χ1v) is 4.91. The maximum atomic E-state index is 8.64. The van der Waals surface area contributed by atoms with Gasteiger partial charge in [-0.1, -0.05) is 16.4 Å². The van der Waals surface area contributed by atoms with E-state index >= 15 is 0 Å². The molecule has 2 rings (SSSR count). The molecule has 0 aliphatic heterocycles. The van der Waals surface area contributed by atoms with Crippen LogP contribution >= 0.6 is 11.3 Å². The van der Waals surface area contributed by atoms with E-state index in [2.05, 4.69) is 10.2 Å². The summed E-state index contributed by atoms with van der Waals surface area (Å²) in [5, 5.41) is 16.4. The average Bonchev–Trinajstić information content (AvgIpc) is 2.74. The topological polar surface area (TPSA) is 84.8 Å². The summed E-state index contributed by atoms with van der Waals surface area (Å²) in [6, 6.07) is 6.81. The Hall–Kier alpha value is -2.13. The van der Waals surface area contributed by atoms with Gasteiger partial charge in [-0.3, -0.25) is 0 Å². The van der Waals surface area contributed by atoms with E-state index in [-0.39, 0.29) is 0 Å². The van der Waals surface area contributed by atoms with E-state index in [4.69, 9.17) is 15.7 Å². The van der Waals surface area contributed by atoms with Crippen molar-refractivity contribution in [2.75, 3.05) is 5.73 Å². The maximum Gasteiger partial charge on any atom is 0.299 e. The first kappa shape index (κ1) is 9.43. The van der Waals surface area contributed by atoms with E-state index in [1.807, 2.05) is 6.07 Å². The summed E-state index contributed by atoms with van der Waals surface area (Å²) in [6.45, 7) is 0. The second kappa shape index (κ2) is 3.94. The maximum absolute atomic E-state index is 8.64. The minimum Gasteiger partial charge on any atom is -0.428 e. The number of aromatic nitrogens is 2. The summed E-state index contributed by atoms with van der Waals surface area (Å²) in [5.74, 6) is 0.478. The van der Waals surface area contributed by atoms with Crippen LogP contribution in [-0.4, -0.2) is 10.2 Å². The van der Waals surface area contributed by atoms with Crippen molar-refractivity contribution in [2.24, 2.45) is 0 Å². The van der Waals surface area contributed by atoms with Gasteiger partial charge in [0.2, 0.25) is 0 Å². The van der Waals surface area contributed by atoms with Crippen molar-refractivity contribution in [3.63, 3.8) is 0 Å². The number of rotatable bonds is 2. The van der Waals surface area contributed by atoms with Crippen molar-refractivity contribution in [1.82, 2.24) is 10.2 Å². The normalized spacial score (nSPS) is 9.53. The molecule has 15 heavy (non-hydrogen) atoms. The molecule has 0 spiro atoms. The summed E-state index contributed by atoms with van der Waals surface area (Å²) in [6.07, 6.45) is 0. The molecule has 0 saturated heterocycles. The summed E-state index contributed by atoms with van der Waals surface area (Å²) in [5.41, 5.74) is 8.16. The lowest BCUT2D eigenvalue weighted by Crippen LogP contribution is -1.92. The molecule has 0 unspecified atom stereocenters. The third-order valence-corrected chi connectivity index (χ3v) is 2.24. The van der Waals surface area contributed by atoms with Crippen molar-refractivity contribution < 1.29 is 4.74 Å². The molecule has 0 amide bonds. The smallest absolute Gasteiger partial charge is 0.299 e. The van der Waals surface area contributed by atoms with Gasteiger partial charge >= 0.3 is 0 Å². The molecule has 0 fully saturated rings. The number of nitrogens with zero attached hydrogens (tertiary/aromatic N) is 3. The van der Waals surface area contributed by atoms with E-state index in [1.54, 1.807) is 23.7 Å². The number of nitrogens with two attached hydrogens (primary N) is 1. The Labute approximate surface area is 89.7 Å². The highest BCUT2D eigenvalue weighted by Crippen LogP contribution is 2.28. The van der Waals surface area contributed by atoms with Crippen molar-refractivity contribution in [2.45, 2.75) is 0 Å². The number of ether oxygens (including phenoxy) is 1. The second-order valence-electron chi connectivity index (χ2n) is 2.67. The van der Waals surface area contributed by atoms with E-state index < -0.39 is 0 Å². The Balaban J connectivity index is 2.27. The van der Waals surface area contributed by atoms with Crippen LogP contribution in [0.2, 0.25) is 0 Å². The third-order valence-electron chi connectivity index (χ3n) is 1.68. The minimum absolute atomic E-state index is 0.407. The molecule has 1 aromatic heterocycles. The zero-order valence-electron chi connectivity index (χ0n) is 7.54. The lowest BCUT2D eigenvalue weighted by atomic mass is 10.2. The Morgan fingerprint density at radius 1 is 1.47 bits per heavy atom. The quantitative estimate of drug-likeness (QED) is 0.776. The van der Waals surface area contributed by atoms with E-state index in [9.17, 15) is 0 Å². The minimum atomic E-state index is 0.407. The van der Waals surface area contributed by atoms with E-state index in [0.717, 1.165) is 0 Å². The molecule has 2 aromatic rings. The fourth-order valence-electron chi connectivity index (χ4n) is 1.01. The van der Waals surface area contributed by atoms with Gasteiger partial charge in [-0.05, 0) is 18.2 Å². The number of hydrogen-bond donors (Lipinski definition) is 1. The summed E-state index contributed by atoms with van der Waals surface area (Å²) in [4.78, 5) is 0. The van der Waals surface area contributed by atoms with Gasteiger partial charge in [0.05, 0.1) is 17.3 Å². The number of benzene rings is 1. The molecule has 0 saturated carbocycles. The van der Waals surface area contributed by atoms with Gasteiger partial charge < -0.3 is 10.5 Å². The van der Waals surface area contributed by atoms with Crippen molar-refractivity contribution in [3.05, 3.63) is 29.3 Å². The molecular weight excluding hydrogens is 212 g/mol. The van der Waals surface area contributed by atoms with Crippen LogP contribution in [0.3, 0.4) is 0 Å². The summed E-state index contributed by atoms with van der Waals surface area (Å²) in [7, 11) is 0. The second-order valence-corrected chi connectivity index (χ2v) is 3.47. The fraction of sp³-hybridized carbons (Fsp3) is 0. The van der Waals surface area contributed by atoms with Crippen LogP contribution in [0.1, 0.15) is 5.56 Å². The number of nitriles is 1. The predicted octanol–water partition coefficient (Wildman–Crippen LogP) is 1.78. The molecule has 1 heterocycles.